The van der Waals surface area contributed by atoms with E-state index in [1.165, 1.54) is 0 Å². The summed E-state index contributed by atoms with van der Waals surface area (Å²) < 4.78 is 31.1. The summed E-state index contributed by atoms with van der Waals surface area (Å²) in [6, 6.07) is 8.98. The van der Waals surface area contributed by atoms with Crippen LogP contribution in [0.2, 0.25) is 0 Å². The van der Waals surface area contributed by atoms with Crippen LogP contribution in [0.15, 0.2) is 42.7 Å². The Balaban J connectivity index is 1.71. The third kappa shape index (κ3) is 3.56. The molecule has 2 heterocycles. The van der Waals surface area contributed by atoms with Gasteiger partial charge in [0, 0.05) is 25.5 Å². The van der Waals surface area contributed by atoms with Gasteiger partial charge in [0.25, 0.3) is 6.43 Å². The van der Waals surface area contributed by atoms with Gasteiger partial charge in [-0.25, -0.2) is 13.8 Å². The van der Waals surface area contributed by atoms with Crippen LogP contribution in [0.5, 0.6) is 5.75 Å². The van der Waals surface area contributed by atoms with Crippen LogP contribution in [0.4, 0.5) is 14.5 Å². The summed E-state index contributed by atoms with van der Waals surface area (Å²) in [5, 5.41) is 8.43. The lowest BCUT2D eigenvalue weighted by atomic mass is 10.2. The normalized spacial score (nSPS) is 11.1. The predicted octanol–water partition coefficient (Wildman–Crippen LogP) is 3.22. The van der Waals surface area contributed by atoms with E-state index >= 15 is 0 Å². The average Bonchev–Trinajstić information content (AvgIpc) is 2.93. The van der Waals surface area contributed by atoms with Gasteiger partial charge in [0.05, 0.1) is 11.6 Å². The van der Waals surface area contributed by atoms with E-state index in [2.05, 4.69) is 15.4 Å². The number of pyridine rings is 1. The van der Waals surface area contributed by atoms with Crippen molar-refractivity contribution in [1.82, 2.24) is 14.8 Å². The third-order valence-corrected chi connectivity index (χ3v) is 3.39. The number of rotatable bonds is 6. The van der Waals surface area contributed by atoms with Crippen molar-refractivity contribution >= 4 is 16.7 Å². The summed E-state index contributed by atoms with van der Waals surface area (Å²) in [4.78, 5) is 4.28. The number of nitrogens with zero attached hydrogens (tertiary/aromatic N) is 3. The number of nitrogens with one attached hydrogen (secondary N) is 1. The molecule has 0 aliphatic rings. The molecule has 0 unspecified atom stereocenters. The van der Waals surface area contributed by atoms with Gasteiger partial charge in [0.2, 0.25) is 0 Å². The second kappa shape index (κ2) is 6.60. The molecule has 0 saturated heterocycles. The van der Waals surface area contributed by atoms with Crippen LogP contribution in [-0.4, -0.2) is 27.8 Å². The first-order valence-electron chi connectivity index (χ1n) is 7.14. The molecule has 0 fully saturated rings. The van der Waals surface area contributed by atoms with E-state index in [1.807, 2.05) is 19.2 Å². The molecule has 1 N–H and O–H groups in total. The smallest absolute Gasteiger partial charge is 0.272 e. The van der Waals surface area contributed by atoms with Crippen molar-refractivity contribution in [1.29, 1.82) is 0 Å². The molecule has 0 saturated carbocycles. The Morgan fingerprint density at radius 3 is 3.00 bits per heavy atom. The lowest BCUT2D eigenvalue weighted by Gasteiger charge is -2.10. The van der Waals surface area contributed by atoms with Crippen molar-refractivity contribution in [3.63, 3.8) is 0 Å². The summed E-state index contributed by atoms with van der Waals surface area (Å²) in [5.41, 5.74) is 2.65. The van der Waals surface area contributed by atoms with Gasteiger partial charge >= 0.3 is 0 Å². The molecule has 2 aromatic heterocycles. The Labute approximate surface area is 131 Å². The van der Waals surface area contributed by atoms with Crippen molar-refractivity contribution in [2.75, 3.05) is 11.9 Å². The molecule has 1 aromatic carbocycles. The third-order valence-electron chi connectivity index (χ3n) is 3.39. The largest absolute Gasteiger partial charge is 0.488 e. The van der Waals surface area contributed by atoms with Crippen molar-refractivity contribution in [2.24, 2.45) is 7.05 Å². The van der Waals surface area contributed by atoms with E-state index in [0.717, 1.165) is 22.3 Å². The van der Waals surface area contributed by atoms with Gasteiger partial charge in [-0.05, 0) is 23.8 Å². The van der Waals surface area contributed by atoms with Crippen molar-refractivity contribution < 1.29 is 13.5 Å². The van der Waals surface area contributed by atoms with Gasteiger partial charge in [-0.1, -0.05) is 12.1 Å². The Hall–Kier alpha value is -2.70. The summed E-state index contributed by atoms with van der Waals surface area (Å²) >= 11 is 0. The molecule has 0 radical (unpaired) electrons. The molecule has 0 atom stereocenters. The van der Waals surface area contributed by atoms with Crippen LogP contribution in [0.3, 0.4) is 0 Å². The Morgan fingerprint density at radius 2 is 2.17 bits per heavy atom. The second-order valence-electron chi connectivity index (χ2n) is 5.07. The Bertz CT molecular complexity index is 804. The first-order chi connectivity index (χ1) is 11.1. The first-order valence-corrected chi connectivity index (χ1v) is 7.14. The zero-order chi connectivity index (χ0) is 16.2. The second-order valence-corrected chi connectivity index (χ2v) is 5.07. The van der Waals surface area contributed by atoms with Crippen LogP contribution in [0, 0.1) is 0 Å². The highest BCUT2D eigenvalue weighted by Crippen LogP contribution is 2.22. The number of benzene rings is 1. The molecule has 7 heteroatoms. The lowest BCUT2D eigenvalue weighted by molar-refractivity contribution is 0.0818. The summed E-state index contributed by atoms with van der Waals surface area (Å²) in [5.74, 6) is 0.436. The predicted molar refractivity (Wildman–Crippen MR) is 83.8 cm³/mol. The number of hydrogen-bond donors (Lipinski definition) is 1. The lowest BCUT2D eigenvalue weighted by Crippen LogP contribution is -2.07. The zero-order valence-electron chi connectivity index (χ0n) is 12.5. The van der Waals surface area contributed by atoms with Gasteiger partial charge in [-0.15, -0.1) is 0 Å². The molecule has 3 aromatic rings. The maximum Gasteiger partial charge on any atom is 0.272 e. The number of anilines is 1. The Kier molecular flexibility index (Phi) is 4.36. The minimum absolute atomic E-state index is 0.436. The molecular weight excluding hydrogens is 302 g/mol. The Morgan fingerprint density at radius 1 is 1.30 bits per heavy atom. The standard InChI is InChI=1S/C16H16F2N4O/c1-22-16-13(9-21-22)14(5-6-19-16)20-8-11-3-2-4-12(7-11)23-10-15(17)18/h2-7,9,15H,8,10H2,1H3,(H,19,20). The minimum atomic E-state index is -2.48. The van der Waals surface area contributed by atoms with Crippen LogP contribution in [-0.2, 0) is 13.6 Å². The van der Waals surface area contributed by atoms with Gasteiger partial charge < -0.3 is 10.1 Å². The number of hydrogen-bond acceptors (Lipinski definition) is 4. The molecule has 0 aliphatic heterocycles. The van der Waals surface area contributed by atoms with E-state index in [9.17, 15) is 8.78 Å². The highest BCUT2D eigenvalue weighted by Gasteiger charge is 2.07. The highest BCUT2D eigenvalue weighted by molar-refractivity contribution is 5.88. The maximum absolute atomic E-state index is 12.2. The number of halogens is 2. The summed E-state index contributed by atoms with van der Waals surface area (Å²) in [6.45, 7) is -0.0581. The number of alkyl halides is 2. The number of ether oxygens (including phenoxy) is 1. The van der Waals surface area contributed by atoms with Gasteiger partial charge in [0.15, 0.2) is 5.65 Å². The number of fused-ring (bicyclic) bond motifs is 1. The minimum Gasteiger partial charge on any atom is -0.488 e. The molecular formula is C16H16F2N4O. The summed E-state index contributed by atoms with van der Waals surface area (Å²) in [6.07, 6.45) is 0.994. The van der Waals surface area contributed by atoms with Crippen molar-refractivity contribution in [2.45, 2.75) is 13.0 Å². The molecule has 0 amide bonds. The fraction of sp³-hybridized carbons (Fsp3) is 0.250. The topological polar surface area (TPSA) is 52.0 Å². The first kappa shape index (κ1) is 15.2. The van der Waals surface area contributed by atoms with Crippen LogP contribution in [0.25, 0.3) is 11.0 Å². The van der Waals surface area contributed by atoms with Crippen molar-refractivity contribution in [3.05, 3.63) is 48.3 Å². The molecule has 0 bridgehead atoms. The van der Waals surface area contributed by atoms with Crippen LogP contribution < -0.4 is 10.1 Å². The SMILES string of the molecule is Cn1ncc2c(NCc3cccc(OCC(F)F)c3)ccnc21. The van der Waals surface area contributed by atoms with E-state index in [0.29, 0.717) is 12.3 Å². The van der Waals surface area contributed by atoms with E-state index in [-0.39, 0.29) is 0 Å². The average molecular weight is 318 g/mol. The van der Waals surface area contributed by atoms with E-state index < -0.39 is 13.0 Å². The summed E-state index contributed by atoms with van der Waals surface area (Å²) in [7, 11) is 1.84. The molecule has 0 spiro atoms. The monoisotopic (exact) mass is 318 g/mol. The maximum atomic E-state index is 12.2. The number of aryl methyl sites for hydroxylation is 1. The van der Waals surface area contributed by atoms with E-state index in [1.54, 1.807) is 35.3 Å². The van der Waals surface area contributed by atoms with Crippen molar-refractivity contribution in [3.8, 4) is 5.75 Å². The molecule has 0 aliphatic carbocycles. The quantitative estimate of drug-likeness (QED) is 0.758. The van der Waals surface area contributed by atoms with Gasteiger partial charge in [-0.3, -0.25) is 4.68 Å². The van der Waals surface area contributed by atoms with E-state index in [4.69, 9.17) is 4.74 Å². The van der Waals surface area contributed by atoms with Gasteiger partial charge in [-0.2, -0.15) is 5.10 Å². The fourth-order valence-corrected chi connectivity index (χ4v) is 2.30. The van der Waals surface area contributed by atoms with Crippen LogP contribution in [0.1, 0.15) is 5.56 Å². The molecule has 3 rings (SSSR count). The van der Waals surface area contributed by atoms with Gasteiger partial charge in [0.1, 0.15) is 12.4 Å². The van der Waals surface area contributed by atoms with Crippen LogP contribution >= 0.6 is 0 Å². The molecule has 120 valence electrons. The fourth-order valence-electron chi connectivity index (χ4n) is 2.30. The number of aromatic nitrogens is 3. The zero-order valence-corrected chi connectivity index (χ0v) is 12.5. The highest BCUT2D eigenvalue weighted by atomic mass is 19.3. The molecule has 5 nitrogen and oxygen atoms in total. The molecule has 23 heavy (non-hydrogen) atoms.